The average Bonchev–Trinajstić information content (AvgIpc) is 3.67. The molecule has 0 aliphatic carbocycles. The van der Waals surface area contributed by atoms with E-state index >= 15 is 0 Å². The first-order valence-corrected chi connectivity index (χ1v) is 15.7. The van der Waals surface area contributed by atoms with Gasteiger partial charge in [0.1, 0.15) is 18.1 Å². The quantitative estimate of drug-likeness (QED) is 0.324. The van der Waals surface area contributed by atoms with Crippen LogP contribution in [0.3, 0.4) is 0 Å². The number of carbonyl (C=O) groups excluding carboxylic acids is 3. The van der Waals surface area contributed by atoms with Gasteiger partial charge in [0.25, 0.3) is 0 Å². The summed E-state index contributed by atoms with van der Waals surface area (Å²) in [7, 11) is 1.62. The molecule has 216 valence electrons. The van der Waals surface area contributed by atoms with Crippen LogP contribution in [0, 0.1) is 0 Å². The Labute approximate surface area is 252 Å². The summed E-state index contributed by atoms with van der Waals surface area (Å²) >= 11 is 3.17. The molecule has 0 saturated carbocycles. The molecule has 0 bridgehead atoms. The van der Waals surface area contributed by atoms with Gasteiger partial charge in [-0.05, 0) is 46.7 Å². The first-order chi connectivity index (χ1) is 20.4. The van der Waals surface area contributed by atoms with Crippen molar-refractivity contribution in [3.05, 3.63) is 82.6 Å². The Balaban J connectivity index is 1.49. The number of aromatic nitrogens is 2. The van der Waals surface area contributed by atoms with Crippen LogP contribution < -0.4 is 9.64 Å². The number of thioether (sulfide) groups is 1. The minimum Gasteiger partial charge on any atom is -0.497 e. The summed E-state index contributed by atoms with van der Waals surface area (Å²) in [6, 6.07) is 19.6. The highest BCUT2D eigenvalue weighted by Crippen LogP contribution is 2.49. The third-order valence-electron chi connectivity index (χ3n) is 7.67. The van der Waals surface area contributed by atoms with Gasteiger partial charge in [-0.1, -0.05) is 30.3 Å². The maximum absolute atomic E-state index is 13.9. The first kappa shape index (κ1) is 28.0. The molecule has 0 spiro atoms. The molecule has 4 heterocycles. The summed E-state index contributed by atoms with van der Waals surface area (Å²) in [6.45, 7) is 3.27. The molecule has 2 aromatic carbocycles. The summed E-state index contributed by atoms with van der Waals surface area (Å²) in [5.41, 5.74) is 4.46. The normalized spacial score (nSPS) is 17.1. The number of anilines is 1. The van der Waals surface area contributed by atoms with Gasteiger partial charge in [-0.25, -0.2) is 4.68 Å². The van der Waals surface area contributed by atoms with E-state index in [-0.39, 0.29) is 35.3 Å². The molecule has 1 atom stereocenters. The van der Waals surface area contributed by atoms with Crippen molar-refractivity contribution in [3.8, 4) is 22.7 Å². The lowest BCUT2D eigenvalue weighted by Gasteiger charge is -2.35. The van der Waals surface area contributed by atoms with Crippen molar-refractivity contribution in [2.24, 2.45) is 0 Å². The average molecular weight is 602 g/mol. The van der Waals surface area contributed by atoms with Crippen LogP contribution in [0.15, 0.2) is 71.4 Å². The van der Waals surface area contributed by atoms with Crippen LogP contribution in [0.1, 0.15) is 23.3 Å². The Bertz CT molecular complexity index is 1580. The highest BCUT2D eigenvalue weighted by molar-refractivity contribution is 8.00. The first-order valence-electron chi connectivity index (χ1n) is 13.7. The number of nitrogens with zero attached hydrogens (tertiary/aromatic N) is 5. The lowest BCUT2D eigenvalue weighted by molar-refractivity contribution is -0.137. The minimum atomic E-state index is -0.156. The SMILES string of the molecule is COc1ccc(-n2nc(-c3ccccc3)c3c2N(CC(=O)N2CCN(C(C)=O)CC2)C(=O)CSC3c2ccsc2)cc1. The topological polar surface area (TPSA) is 88.0 Å². The van der Waals surface area contributed by atoms with Crippen LogP contribution in [0.4, 0.5) is 5.82 Å². The molecule has 0 N–H and O–H groups in total. The lowest BCUT2D eigenvalue weighted by Crippen LogP contribution is -2.53. The second-order valence-corrected chi connectivity index (χ2v) is 12.0. The number of ether oxygens (including phenoxy) is 1. The summed E-state index contributed by atoms with van der Waals surface area (Å²) < 4.78 is 7.18. The van der Waals surface area contributed by atoms with Crippen LogP contribution in [0.5, 0.6) is 5.75 Å². The molecule has 2 aliphatic heterocycles. The van der Waals surface area contributed by atoms with E-state index in [0.29, 0.717) is 37.7 Å². The molecule has 6 rings (SSSR count). The van der Waals surface area contributed by atoms with E-state index in [0.717, 1.165) is 28.1 Å². The van der Waals surface area contributed by atoms with E-state index in [1.54, 1.807) is 56.5 Å². The zero-order chi connectivity index (χ0) is 29.2. The number of fused-ring (bicyclic) bond motifs is 1. The number of hydrogen-bond donors (Lipinski definition) is 0. The number of methoxy groups -OCH3 is 1. The fraction of sp³-hybridized carbons (Fsp3) is 0.290. The number of amides is 3. The van der Waals surface area contributed by atoms with Gasteiger partial charge in [-0.3, -0.25) is 19.3 Å². The van der Waals surface area contributed by atoms with E-state index in [2.05, 4.69) is 11.4 Å². The molecule has 1 saturated heterocycles. The van der Waals surface area contributed by atoms with Crippen LogP contribution in [-0.2, 0) is 14.4 Å². The zero-order valence-electron chi connectivity index (χ0n) is 23.4. The predicted molar refractivity (Wildman–Crippen MR) is 165 cm³/mol. The molecule has 0 radical (unpaired) electrons. The smallest absolute Gasteiger partial charge is 0.242 e. The van der Waals surface area contributed by atoms with Crippen molar-refractivity contribution in [2.45, 2.75) is 12.2 Å². The van der Waals surface area contributed by atoms with Gasteiger partial charge in [-0.2, -0.15) is 16.4 Å². The Kier molecular flexibility index (Phi) is 8.03. The Morgan fingerprint density at radius 2 is 1.69 bits per heavy atom. The fourth-order valence-corrected chi connectivity index (χ4v) is 7.39. The molecule has 1 fully saturated rings. The molecule has 1 unspecified atom stereocenters. The van der Waals surface area contributed by atoms with Gasteiger partial charge < -0.3 is 14.5 Å². The van der Waals surface area contributed by atoms with E-state index in [1.807, 2.05) is 60.0 Å². The van der Waals surface area contributed by atoms with E-state index in [1.165, 1.54) is 0 Å². The minimum absolute atomic E-state index is 0.00256. The van der Waals surface area contributed by atoms with Gasteiger partial charge in [0.2, 0.25) is 17.7 Å². The molecule has 4 aromatic rings. The zero-order valence-corrected chi connectivity index (χ0v) is 25.1. The van der Waals surface area contributed by atoms with Crippen LogP contribution >= 0.6 is 23.1 Å². The number of piperazine rings is 1. The van der Waals surface area contributed by atoms with Gasteiger partial charge in [0.05, 0.1) is 29.5 Å². The Morgan fingerprint density at radius 1 is 0.976 bits per heavy atom. The second kappa shape index (κ2) is 12.0. The van der Waals surface area contributed by atoms with Crippen molar-refractivity contribution < 1.29 is 19.1 Å². The van der Waals surface area contributed by atoms with Gasteiger partial charge in [0.15, 0.2) is 0 Å². The summed E-state index contributed by atoms with van der Waals surface area (Å²) in [4.78, 5) is 44.5. The van der Waals surface area contributed by atoms with Crippen LogP contribution in [0.25, 0.3) is 16.9 Å². The molecule has 2 aliphatic rings. The van der Waals surface area contributed by atoms with Crippen LogP contribution in [0.2, 0.25) is 0 Å². The largest absolute Gasteiger partial charge is 0.497 e. The summed E-state index contributed by atoms with van der Waals surface area (Å²) in [5.74, 6) is 1.23. The molecule has 9 nitrogen and oxygen atoms in total. The van der Waals surface area contributed by atoms with E-state index in [4.69, 9.17) is 9.84 Å². The standard InChI is InChI=1S/C31H31N5O4S2/c1-21(37)33-13-15-34(16-14-33)26(38)18-35-27(39)20-42-30(23-12-17-41-19-23)28-29(22-6-4-3-5-7-22)32-36(31(28)35)24-8-10-25(40-2)11-9-24/h3-12,17,19,30H,13-16,18,20H2,1-2H3. The Morgan fingerprint density at radius 3 is 2.33 bits per heavy atom. The maximum atomic E-state index is 13.9. The fourth-order valence-electron chi connectivity index (χ4n) is 5.43. The highest BCUT2D eigenvalue weighted by Gasteiger charge is 2.38. The van der Waals surface area contributed by atoms with Crippen molar-refractivity contribution >= 4 is 46.6 Å². The van der Waals surface area contributed by atoms with Crippen molar-refractivity contribution in [3.63, 3.8) is 0 Å². The molecule has 3 amide bonds. The number of hydrogen-bond acceptors (Lipinski definition) is 7. The maximum Gasteiger partial charge on any atom is 0.242 e. The van der Waals surface area contributed by atoms with Crippen molar-refractivity contribution in [2.75, 3.05) is 50.5 Å². The summed E-state index contributed by atoms with van der Waals surface area (Å²) in [6.07, 6.45) is 0. The molecule has 2 aromatic heterocycles. The van der Waals surface area contributed by atoms with E-state index < -0.39 is 0 Å². The van der Waals surface area contributed by atoms with Gasteiger partial charge in [0, 0.05) is 44.2 Å². The highest BCUT2D eigenvalue weighted by atomic mass is 32.2. The van der Waals surface area contributed by atoms with Gasteiger partial charge >= 0.3 is 0 Å². The predicted octanol–water partition coefficient (Wildman–Crippen LogP) is 4.47. The number of carbonyl (C=O) groups is 3. The monoisotopic (exact) mass is 601 g/mol. The molecule has 11 heteroatoms. The molecular weight excluding hydrogens is 571 g/mol. The number of thiophene rings is 1. The summed E-state index contributed by atoms with van der Waals surface area (Å²) in [5, 5.41) is 9.12. The van der Waals surface area contributed by atoms with Crippen LogP contribution in [-0.4, -0.2) is 82.9 Å². The molecule has 42 heavy (non-hydrogen) atoms. The van der Waals surface area contributed by atoms with Gasteiger partial charge in [-0.15, -0.1) is 11.8 Å². The third kappa shape index (κ3) is 5.41. The number of rotatable bonds is 6. The Hall–Kier alpha value is -4.09. The third-order valence-corrected chi connectivity index (χ3v) is 9.63. The lowest BCUT2D eigenvalue weighted by atomic mass is 10.0. The van der Waals surface area contributed by atoms with Crippen molar-refractivity contribution in [1.82, 2.24) is 19.6 Å². The molecular formula is C31H31N5O4S2. The van der Waals surface area contributed by atoms with Crippen molar-refractivity contribution in [1.29, 1.82) is 0 Å². The number of benzene rings is 2. The van der Waals surface area contributed by atoms with E-state index in [9.17, 15) is 14.4 Å². The second-order valence-electron chi connectivity index (χ2n) is 10.2.